The monoisotopic (exact) mass is 273 g/mol. The van der Waals surface area contributed by atoms with Gasteiger partial charge in [-0.1, -0.05) is 18.2 Å². The zero-order valence-corrected chi connectivity index (χ0v) is 11.8. The fourth-order valence-corrected chi connectivity index (χ4v) is 1.91. The van der Waals surface area contributed by atoms with Gasteiger partial charge in [0, 0.05) is 24.6 Å². The lowest BCUT2D eigenvalue weighted by Crippen LogP contribution is -2.16. The molecule has 0 aromatic heterocycles. The number of nitrogens with one attached hydrogen (secondary N) is 1. The topological polar surface area (TPSA) is 21.3 Å². The maximum absolute atomic E-state index is 5.11. The molecule has 0 spiro atoms. The number of hydrogen-bond acceptors (Lipinski definition) is 3. The molecule has 0 bridgehead atoms. The second kappa shape index (κ2) is 10.5. The van der Waals surface area contributed by atoms with Crippen LogP contribution in [0, 0.1) is 0 Å². The van der Waals surface area contributed by atoms with Gasteiger partial charge in [0.05, 0.1) is 7.11 Å². The van der Waals surface area contributed by atoms with Gasteiger partial charge in [0.25, 0.3) is 0 Å². The molecule has 1 rings (SSSR count). The van der Waals surface area contributed by atoms with Crippen LogP contribution < -0.4 is 10.1 Å². The number of methoxy groups -OCH3 is 1. The summed E-state index contributed by atoms with van der Waals surface area (Å²) in [5.74, 6) is 3.07. The van der Waals surface area contributed by atoms with Crippen LogP contribution in [0.5, 0.6) is 5.75 Å². The molecule has 1 aromatic carbocycles. The van der Waals surface area contributed by atoms with Crippen LogP contribution in [0.1, 0.15) is 5.56 Å². The van der Waals surface area contributed by atoms with Crippen LogP contribution in [0.15, 0.2) is 36.9 Å². The first-order chi connectivity index (χ1) is 7.86. The summed E-state index contributed by atoms with van der Waals surface area (Å²) < 4.78 is 5.11. The molecular formula is C13H20ClNOS. The number of hydrogen-bond donors (Lipinski definition) is 1. The van der Waals surface area contributed by atoms with E-state index in [1.165, 1.54) is 5.56 Å². The van der Waals surface area contributed by atoms with Crippen LogP contribution in [0.2, 0.25) is 0 Å². The number of ether oxygens (including phenoxy) is 1. The molecule has 0 heterocycles. The predicted molar refractivity (Wildman–Crippen MR) is 79.5 cm³/mol. The molecule has 0 atom stereocenters. The highest BCUT2D eigenvalue weighted by Gasteiger charge is 1.94. The summed E-state index contributed by atoms with van der Waals surface area (Å²) >= 11 is 1.89. The van der Waals surface area contributed by atoms with Crippen molar-refractivity contribution >= 4 is 24.2 Å². The van der Waals surface area contributed by atoms with Crippen molar-refractivity contribution in [1.82, 2.24) is 5.32 Å². The molecule has 0 fully saturated rings. The lowest BCUT2D eigenvalue weighted by molar-refractivity contribution is 0.414. The Morgan fingerprint density at radius 3 is 2.65 bits per heavy atom. The first kappa shape index (κ1) is 16.4. The number of rotatable bonds is 8. The quantitative estimate of drug-likeness (QED) is 0.581. The fourth-order valence-electron chi connectivity index (χ4n) is 1.29. The largest absolute Gasteiger partial charge is 0.497 e. The Morgan fingerprint density at radius 2 is 2.06 bits per heavy atom. The Balaban J connectivity index is 0.00000256. The van der Waals surface area contributed by atoms with Gasteiger partial charge in [-0.05, 0) is 17.7 Å². The SMILES string of the molecule is C=CCSCCNCc1ccc(OC)cc1.Cl. The van der Waals surface area contributed by atoms with Crippen molar-refractivity contribution in [3.63, 3.8) is 0 Å². The summed E-state index contributed by atoms with van der Waals surface area (Å²) in [5.41, 5.74) is 1.29. The van der Waals surface area contributed by atoms with Gasteiger partial charge in [-0.2, -0.15) is 11.8 Å². The Labute approximate surface area is 114 Å². The third kappa shape index (κ3) is 7.31. The normalized spacial score (nSPS) is 9.47. The third-order valence-corrected chi connectivity index (χ3v) is 3.11. The van der Waals surface area contributed by atoms with Crippen LogP contribution >= 0.6 is 24.2 Å². The predicted octanol–water partition coefficient (Wildman–Crippen LogP) is 3.13. The molecule has 4 heteroatoms. The Morgan fingerprint density at radius 1 is 1.35 bits per heavy atom. The Bertz CT molecular complexity index is 303. The van der Waals surface area contributed by atoms with Crippen molar-refractivity contribution in [3.05, 3.63) is 42.5 Å². The lowest BCUT2D eigenvalue weighted by atomic mass is 10.2. The molecule has 0 amide bonds. The molecule has 0 radical (unpaired) electrons. The molecule has 0 aliphatic heterocycles. The minimum Gasteiger partial charge on any atom is -0.497 e. The summed E-state index contributed by atoms with van der Waals surface area (Å²) in [6, 6.07) is 8.15. The maximum atomic E-state index is 5.11. The first-order valence-electron chi connectivity index (χ1n) is 5.39. The highest BCUT2D eigenvalue weighted by atomic mass is 35.5. The van der Waals surface area contributed by atoms with Gasteiger partial charge in [0.2, 0.25) is 0 Å². The summed E-state index contributed by atoms with van der Waals surface area (Å²) in [5, 5.41) is 3.40. The Kier molecular flexibility index (Phi) is 10.1. The van der Waals surface area contributed by atoms with Crippen molar-refractivity contribution in [1.29, 1.82) is 0 Å². The van der Waals surface area contributed by atoms with Gasteiger partial charge >= 0.3 is 0 Å². The molecule has 0 unspecified atom stereocenters. The number of benzene rings is 1. The van der Waals surface area contributed by atoms with Crippen LogP contribution in [0.3, 0.4) is 0 Å². The van der Waals surface area contributed by atoms with Gasteiger partial charge in [0.1, 0.15) is 5.75 Å². The molecule has 96 valence electrons. The van der Waals surface area contributed by atoms with Crippen molar-refractivity contribution in [2.24, 2.45) is 0 Å². The smallest absolute Gasteiger partial charge is 0.118 e. The van der Waals surface area contributed by atoms with E-state index < -0.39 is 0 Å². The minimum absolute atomic E-state index is 0. The third-order valence-electron chi connectivity index (χ3n) is 2.15. The molecule has 0 aliphatic rings. The second-order valence-electron chi connectivity index (χ2n) is 3.39. The highest BCUT2D eigenvalue weighted by molar-refractivity contribution is 7.99. The summed E-state index contributed by atoms with van der Waals surface area (Å²) in [7, 11) is 1.68. The van der Waals surface area contributed by atoms with Crippen molar-refractivity contribution < 1.29 is 4.74 Å². The standard InChI is InChI=1S/C13H19NOS.ClH/c1-3-9-16-10-8-14-11-12-4-6-13(15-2)7-5-12;/h3-7,14H,1,8-11H2,2H3;1H. The van der Waals surface area contributed by atoms with E-state index in [-0.39, 0.29) is 12.4 Å². The van der Waals surface area contributed by atoms with E-state index in [1.54, 1.807) is 7.11 Å². The van der Waals surface area contributed by atoms with E-state index >= 15 is 0 Å². The van der Waals surface area contributed by atoms with Gasteiger partial charge in [-0.25, -0.2) is 0 Å². The van der Waals surface area contributed by atoms with Gasteiger partial charge < -0.3 is 10.1 Å². The van der Waals surface area contributed by atoms with Crippen LogP contribution in [0.25, 0.3) is 0 Å². The van der Waals surface area contributed by atoms with E-state index in [9.17, 15) is 0 Å². The van der Waals surface area contributed by atoms with E-state index in [4.69, 9.17) is 4.74 Å². The van der Waals surface area contributed by atoms with Gasteiger partial charge in [-0.15, -0.1) is 19.0 Å². The molecule has 0 saturated carbocycles. The van der Waals surface area contributed by atoms with Crippen molar-refractivity contribution in [3.8, 4) is 5.75 Å². The highest BCUT2D eigenvalue weighted by Crippen LogP contribution is 2.10. The molecular weight excluding hydrogens is 254 g/mol. The minimum atomic E-state index is 0. The van der Waals surface area contributed by atoms with Crippen LogP contribution in [0.4, 0.5) is 0 Å². The summed E-state index contributed by atoms with van der Waals surface area (Å²) in [6.45, 7) is 5.64. The molecule has 1 N–H and O–H groups in total. The number of halogens is 1. The summed E-state index contributed by atoms with van der Waals surface area (Å²) in [4.78, 5) is 0. The molecule has 0 saturated heterocycles. The Hall–Kier alpha value is -0.640. The molecule has 17 heavy (non-hydrogen) atoms. The van der Waals surface area contributed by atoms with E-state index in [2.05, 4.69) is 24.0 Å². The van der Waals surface area contributed by atoms with Crippen molar-refractivity contribution in [2.75, 3.05) is 25.2 Å². The van der Waals surface area contributed by atoms with Gasteiger partial charge in [-0.3, -0.25) is 0 Å². The molecule has 1 aromatic rings. The van der Waals surface area contributed by atoms with Crippen LogP contribution in [-0.2, 0) is 6.54 Å². The van der Waals surface area contributed by atoms with Crippen molar-refractivity contribution in [2.45, 2.75) is 6.54 Å². The molecule has 0 aliphatic carbocycles. The fraction of sp³-hybridized carbons (Fsp3) is 0.385. The van der Waals surface area contributed by atoms with Crippen LogP contribution in [-0.4, -0.2) is 25.2 Å². The zero-order chi connectivity index (χ0) is 11.6. The van der Waals surface area contributed by atoms with Gasteiger partial charge in [0.15, 0.2) is 0 Å². The van der Waals surface area contributed by atoms with E-state index in [0.29, 0.717) is 0 Å². The average molecular weight is 274 g/mol. The average Bonchev–Trinajstić information content (AvgIpc) is 2.34. The first-order valence-corrected chi connectivity index (χ1v) is 6.54. The summed E-state index contributed by atoms with van der Waals surface area (Å²) in [6.07, 6.45) is 1.94. The lowest BCUT2D eigenvalue weighted by Gasteiger charge is -2.05. The second-order valence-corrected chi connectivity index (χ2v) is 4.54. The van der Waals surface area contributed by atoms with E-state index in [1.807, 2.05) is 30.0 Å². The maximum Gasteiger partial charge on any atom is 0.118 e. The zero-order valence-electron chi connectivity index (χ0n) is 10.1. The van der Waals surface area contributed by atoms with E-state index in [0.717, 1.165) is 30.3 Å². The molecule has 2 nitrogen and oxygen atoms in total. The number of thioether (sulfide) groups is 1.